The number of carboxylic acids is 1. The van der Waals surface area contributed by atoms with Crippen LogP contribution >= 0.6 is 23.5 Å². The van der Waals surface area contributed by atoms with Gasteiger partial charge in [-0.15, -0.1) is 23.5 Å². The first-order valence-electron chi connectivity index (χ1n) is 7.55. The highest BCUT2D eigenvalue weighted by Crippen LogP contribution is 2.37. The van der Waals surface area contributed by atoms with Gasteiger partial charge in [-0.3, -0.25) is 0 Å². The van der Waals surface area contributed by atoms with Crippen molar-refractivity contribution in [3.05, 3.63) is 59.2 Å². The molecule has 118 valence electrons. The molecule has 1 aliphatic rings. The molecule has 0 saturated heterocycles. The predicted octanol–water partition coefficient (Wildman–Crippen LogP) is 5.53. The summed E-state index contributed by atoms with van der Waals surface area (Å²) in [5.41, 5.74) is 3.74. The zero-order valence-electron chi connectivity index (χ0n) is 12.9. The number of hydrogen-bond donors (Lipinski definition) is 1. The van der Waals surface area contributed by atoms with Gasteiger partial charge >= 0.3 is 5.97 Å². The van der Waals surface area contributed by atoms with Crippen molar-refractivity contribution in [2.24, 2.45) is 0 Å². The van der Waals surface area contributed by atoms with Gasteiger partial charge in [0.05, 0.1) is 5.56 Å². The molecule has 0 aromatic heterocycles. The molecule has 0 aliphatic carbocycles. The smallest absolute Gasteiger partial charge is 0.335 e. The van der Waals surface area contributed by atoms with Crippen molar-refractivity contribution in [1.29, 1.82) is 0 Å². The number of benzene rings is 2. The number of fused-ring (bicyclic) bond motifs is 1. The normalized spacial score (nSPS) is 14.9. The molecule has 2 aromatic rings. The third-order valence-corrected chi connectivity index (χ3v) is 6.17. The maximum atomic E-state index is 10.9. The average Bonchev–Trinajstić information content (AvgIpc) is 2.79. The molecule has 0 radical (unpaired) electrons. The van der Waals surface area contributed by atoms with E-state index >= 15 is 0 Å². The van der Waals surface area contributed by atoms with Gasteiger partial charge in [0.15, 0.2) is 0 Å². The molecule has 0 fully saturated rings. The molecule has 2 nitrogen and oxygen atoms in total. The summed E-state index contributed by atoms with van der Waals surface area (Å²) in [7, 11) is 0. The fraction of sp³-hybridized carbons (Fsp3) is 0.211. The third-order valence-electron chi connectivity index (χ3n) is 3.74. The van der Waals surface area contributed by atoms with E-state index in [1.807, 2.05) is 35.7 Å². The summed E-state index contributed by atoms with van der Waals surface area (Å²) in [5, 5.41) is 8.95. The van der Waals surface area contributed by atoms with E-state index in [2.05, 4.69) is 31.2 Å². The molecule has 0 unspecified atom stereocenters. The van der Waals surface area contributed by atoms with E-state index < -0.39 is 5.97 Å². The van der Waals surface area contributed by atoms with Gasteiger partial charge in [0.1, 0.15) is 0 Å². The van der Waals surface area contributed by atoms with E-state index in [0.717, 1.165) is 5.56 Å². The molecule has 1 aliphatic heterocycles. The van der Waals surface area contributed by atoms with Crippen LogP contribution in [0.15, 0.2) is 52.3 Å². The van der Waals surface area contributed by atoms with Crippen LogP contribution in [-0.4, -0.2) is 22.6 Å². The summed E-state index contributed by atoms with van der Waals surface area (Å²) in [6.07, 6.45) is 3.35. The second kappa shape index (κ2) is 7.28. The van der Waals surface area contributed by atoms with Crippen molar-refractivity contribution >= 4 is 41.1 Å². The summed E-state index contributed by atoms with van der Waals surface area (Å²) >= 11 is 3.88. The molecule has 0 atom stereocenters. The van der Waals surface area contributed by atoms with Crippen molar-refractivity contribution in [3.8, 4) is 0 Å². The summed E-state index contributed by atoms with van der Waals surface area (Å²) in [5.74, 6) is 1.49. The zero-order valence-corrected chi connectivity index (χ0v) is 14.5. The Morgan fingerprint density at radius 2 is 1.65 bits per heavy atom. The maximum absolute atomic E-state index is 10.9. The molecule has 2 aromatic carbocycles. The molecule has 0 amide bonds. The Kier molecular flexibility index (Phi) is 5.13. The summed E-state index contributed by atoms with van der Waals surface area (Å²) in [4.78, 5) is 13.7. The number of rotatable bonds is 3. The number of thioether (sulfide) groups is 2. The molecular weight excluding hydrogens is 324 g/mol. The van der Waals surface area contributed by atoms with E-state index in [1.54, 1.807) is 12.1 Å². The van der Waals surface area contributed by atoms with Gasteiger partial charge in [0.2, 0.25) is 0 Å². The minimum Gasteiger partial charge on any atom is -0.478 e. The third kappa shape index (κ3) is 4.01. The highest BCUT2D eigenvalue weighted by Gasteiger charge is 2.10. The standard InChI is InChI=1S/C19H18O2S2/c1-13(11-14-3-5-15(6-4-14)19(20)21)16-7-8-17-18(12-16)23-10-2-9-22-17/h3-8,11-12H,2,9-10H2,1H3,(H,20,21). The molecule has 3 rings (SSSR count). The zero-order chi connectivity index (χ0) is 16.2. The van der Waals surface area contributed by atoms with Gasteiger partial charge in [0, 0.05) is 9.79 Å². The Morgan fingerprint density at radius 1 is 1.00 bits per heavy atom. The van der Waals surface area contributed by atoms with Crippen LogP contribution in [-0.2, 0) is 0 Å². The number of allylic oxidation sites excluding steroid dienone is 1. The lowest BCUT2D eigenvalue weighted by molar-refractivity contribution is 0.0697. The molecule has 4 heteroatoms. The summed E-state index contributed by atoms with van der Waals surface area (Å²) < 4.78 is 0. The van der Waals surface area contributed by atoms with Crippen molar-refractivity contribution in [1.82, 2.24) is 0 Å². The van der Waals surface area contributed by atoms with E-state index in [0.29, 0.717) is 5.56 Å². The first-order valence-corrected chi connectivity index (χ1v) is 9.52. The predicted molar refractivity (Wildman–Crippen MR) is 99.5 cm³/mol. The van der Waals surface area contributed by atoms with E-state index in [9.17, 15) is 4.79 Å². The van der Waals surface area contributed by atoms with Gasteiger partial charge in [-0.25, -0.2) is 4.79 Å². The molecule has 0 bridgehead atoms. The SMILES string of the molecule is CC(=Cc1ccc(C(=O)O)cc1)c1ccc2c(c1)SCCCS2. The second-order valence-electron chi connectivity index (χ2n) is 5.47. The van der Waals surface area contributed by atoms with Crippen LogP contribution in [0.1, 0.15) is 34.8 Å². The van der Waals surface area contributed by atoms with Crippen LogP contribution in [0, 0.1) is 0 Å². The van der Waals surface area contributed by atoms with Gasteiger partial charge < -0.3 is 5.11 Å². The molecule has 0 saturated carbocycles. The van der Waals surface area contributed by atoms with Crippen LogP contribution in [0.25, 0.3) is 11.6 Å². The Bertz CT molecular complexity index is 748. The van der Waals surface area contributed by atoms with Crippen molar-refractivity contribution in [2.45, 2.75) is 23.1 Å². The lowest BCUT2D eigenvalue weighted by Gasteiger charge is -2.08. The van der Waals surface area contributed by atoms with Gasteiger partial charge in [-0.05, 0) is 65.8 Å². The van der Waals surface area contributed by atoms with Crippen LogP contribution < -0.4 is 0 Å². The number of carboxylic acid groups (broad SMARTS) is 1. The summed E-state index contributed by atoms with van der Waals surface area (Å²) in [6.45, 7) is 2.10. The molecule has 1 N–H and O–H groups in total. The van der Waals surface area contributed by atoms with Crippen LogP contribution in [0.2, 0.25) is 0 Å². The van der Waals surface area contributed by atoms with E-state index in [4.69, 9.17) is 5.11 Å². The van der Waals surface area contributed by atoms with Crippen molar-refractivity contribution < 1.29 is 9.90 Å². The lowest BCUT2D eigenvalue weighted by atomic mass is 10.0. The van der Waals surface area contributed by atoms with Gasteiger partial charge in [-0.1, -0.05) is 24.3 Å². The molecule has 1 heterocycles. The Morgan fingerprint density at radius 3 is 2.35 bits per heavy atom. The van der Waals surface area contributed by atoms with E-state index in [1.165, 1.54) is 38.9 Å². The van der Waals surface area contributed by atoms with Crippen molar-refractivity contribution in [3.63, 3.8) is 0 Å². The molecular formula is C19H18O2S2. The molecule has 23 heavy (non-hydrogen) atoms. The topological polar surface area (TPSA) is 37.3 Å². The van der Waals surface area contributed by atoms with E-state index in [-0.39, 0.29) is 0 Å². The molecule has 0 spiro atoms. The lowest BCUT2D eigenvalue weighted by Crippen LogP contribution is -1.94. The Hall–Kier alpha value is -1.65. The summed E-state index contributed by atoms with van der Waals surface area (Å²) in [6, 6.07) is 13.7. The minimum atomic E-state index is -0.891. The van der Waals surface area contributed by atoms with Gasteiger partial charge in [0.25, 0.3) is 0 Å². The highest BCUT2D eigenvalue weighted by molar-refractivity contribution is 8.03. The fourth-order valence-corrected chi connectivity index (χ4v) is 4.80. The number of aromatic carboxylic acids is 1. The quantitative estimate of drug-likeness (QED) is 0.744. The first-order chi connectivity index (χ1) is 11.1. The van der Waals surface area contributed by atoms with Crippen molar-refractivity contribution in [2.75, 3.05) is 11.5 Å². The Labute approximate surface area is 145 Å². The van der Waals surface area contributed by atoms with Crippen LogP contribution in [0.4, 0.5) is 0 Å². The highest BCUT2D eigenvalue weighted by atomic mass is 32.2. The van der Waals surface area contributed by atoms with Crippen LogP contribution in [0.5, 0.6) is 0 Å². The average molecular weight is 342 g/mol. The monoisotopic (exact) mass is 342 g/mol. The number of carbonyl (C=O) groups is 1. The first kappa shape index (κ1) is 16.2. The van der Waals surface area contributed by atoms with Gasteiger partial charge in [-0.2, -0.15) is 0 Å². The fourth-order valence-electron chi connectivity index (χ4n) is 2.46. The Balaban J connectivity index is 1.85. The minimum absolute atomic E-state index is 0.318. The second-order valence-corrected chi connectivity index (χ2v) is 7.74. The van der Waals surface area contributed by atoms with Crippen LogP contribution in [0.3, 0.4) is 0 Å². The largest absolute Gasteiger partial charge is 0.478 e. The number of hydrogen-bond acceptors (Lipinski definition) is 3. The maximum Gasteiger partial charge on any atom is 0.335 e.